The highest BCUT2D eigenvalue weighted by Gasteiger charge is 2.32. The van der Waals surface area contributed by atoms with Crippen molar-refractivity contribution < 1.29 is 9.53 Å². The molecule has 2 aliphatic rings. The third-order valence-electron chi connectivity index (χ3n) is 4.66. The minimum Gasteiger partial charge on any atom is -0.466 e. The minimum atomic E-state index is -0.198. The van der Waals surface area contributed by atoms with Crippen molar-refractivity contribution in [1.29, 1.82) is 0 Å². The molecule has 21 heavy (non-hydrogen) atoms. The molecule has 1 N–H and O–H groups in total. The standard InChI is InChI=1S/C17H18N2O2/c1-21-17(20)11-6-7-15-16-13(8-9-19(15)10-11)12-4-2-3-5-14(12)18-16/h2-5,10,15,18H,6-9H2,1H3. The fourth-order valence-corrected chi connectivity index (χ4v) is 3.64. The number of ether oxygens (including phenoxy) is 1. The molecule has 2 aliphatic heterocycles. The van der Waals surface area contributed by atoms with Gasteiger partial charge in [-0.2, -0.15) is 0 Å². The van der Waals surface area contributed by atoms with Crippen molar-refractivity contribution in [3.63, 3.8) is 0 Å². The van der Waals surface area contributed by atoms with Crippen LogP contribution in [0, 0.1) is 0 Å². The lowest BCUT2D eigenvalue weighted by atomic mass is 9.90. The average molecular weight is 282 g/mol. The second-order valence-electron chi connectivity index (χ2n) is 5.75. The highest BCUT2D eigenvalue weighted by atomic mass is 16.5. The Hall–Kier alpha value is -2.23. The van der Waals surface area contributed by atoms with Crippen LogP contribution in [0.4, 0.5) is 0 Å². The van der Waals surface area contributed by atoms with Gasteiger partial charge in [-0.25, -0.2) is 4.79 Å². The monoisotopic (exact) mass is 282 g/mol. The van der Waals surface area contributed by atoms with Crippen molar-refractivity contribution in [1.82, 2.24) is 9.88 Å². The van der Waals surface area contributed by atoms with Crippen LogP contribution in [0.25, 0.3) is 10.9 Å². The molecule has 4 heteroatoms. The van der Waals surface area contributed by atoms with Crippen molar-refractivity contribution in [2.45, 2.75) is 25.3 Å². The van der Waals surface area contributed by atoms with Gasteiger partial charge in [0.15, 0.2) is 0 Å². The van der Waals surface area contributed by atoms with E-state index in [0.29, 0.717) is 6.04 Å². The van der Waals surface area contributed by atoms with Gasteiger partial charge in [-0.1, -0.05) is 18.2 Å². The van der Waals surface area contributed by atoms with Gasteiger partial charge in [-0.05, 0) is 30.9 Å². The second kappa shape index (κ2) is 4.65. The molecule has 0 saturated carbocycles. The van der Waals surface area contributed by atoms with Gasteiger partial charge in [0.25, 0.3) is 0 Å². The number of hydrogen-bond acceptors (Lipinski definition) is 3. The van der Waals surface area contributed by atoms with Crippen molar-refractivity contribution >= 4 is 16.9 Å². The summed E-state index contributed by atoms with van der Waals surface area (Å²) in [5, 5.41) is 1.34. The van der Waals surface area contributed by atoms with Crippen LogP contribution in [0.1, 0.15) is 30.1 Å². The fraction of sp³-hybridized carbons (Fsp3) is 0.353. The van der Waals surface area contributed by atoms with E-state index in [9.17, 15) is 4.79 Å². The fourth-order valence-electron chi connectivity index (χ4n) is 3.64. The number of hydrogen-bond donors (Lipinski definition) is 1. The molecule has 1 aromatic carbocycles. The van der Waals surface area contributed by atoms with E-state index < -0.39 is 0 Å². The predicted molar refractivity (Wildman–Crippen MR) is 80.8 cm³/mol. The van der Waals surface area contributed by atoms with Crippen LogP contribution in [0.3, 0.4) is 0 Å². The molecule has 0 radical (unpaired) electrons. The molecule has 2 aromatic rings. The van der Waals surface area contributed by atoms with Crippen molar-refractivity contribution in [3.8, 4) is 0 Å². The van der Waals surface area contributed by atoms with E-state index in [1.165, 1.54) is 29.3 Å². The number of fused-ring (bicyclic) bond motifs is 5. The highest BCUT2D eigenvalue weighted by molar-refractivity contribution is 5.88. The second-order valence-corrected chi connectivity index (χ2v) is 5.75. The van der Waals surface area contributed by atoms with Crippen molar-refractivity contribution in [2.75, 3.05) is 13.7 Å². The summed E-state index contributed by atoms with van der Waals surface area (Å²) >= 11 is 0. The molecule has 0 amide bonds. The van der Waals surface area contributed by atoms with E-state index in [-0.39, 0.29) is 5.97 Å². The van der Waals surface area contributed by atoms with E-state index in [2.05, 4.69) is 34.1 Å². The number of para-hydroxylation sites is 1. The van der Waals surface area contributed by atoms with Gasteiger partial charge in [0.1, 0.15) is 0 Å². The lowest BCUT2D eigenvalue weighted by molar-refractivity contribution is -0.136. The lowest BCUT2D eigenvalue weighted by Gasteiger charge is -2.38. The summed E-state index contributed by atoms with van der Waals surface area (Å²) in [6.45, 7) is 0.958. The molecular weight excluding hydrogens is 264 g/mol. The summed E-state index contributed by atoms with van der Waals surface area (Å²) < 4.78 is 4.85. The molecule has 108 valence electrons. The number of esters is 1. The van der Waals surface area contributed by atoms with Crippen LogP contribution in [0.2, 0.25) is 0 Å². The van der Waals surface area contributed by atoms with Crippen LogP contribution in [0.5, 0.6) is 0 Å². The number of methoxy groups -OCH3 is 1. The zero-order valence-electron chi connectivity index (χ0n) is 12.1. The third kappa shape index (κ3) is 1.86. The molecule has 3 heterocycles. The van der Waals surface area contributed by atoms with Gasteiger partial charge >= 0.3 is 5.97 Å². The summed E-state index contributed by atoms with van der Waals surface area (Å²) in [5.74, 6) is -0.198. The van der Waals surface area contributed by atoms with E-state index in [1.54, 1.807) is 0 Å². The Morgan fingerprint density at radius 1 is 1.33 bits per heavy atom. The van der Waals surface area contributed by atoms with Crippen molar-refractivity contribution in [3.05, 3.63) is 47.3 Å². The average Bonchev–Trinajstić information content (AvgIpc) is 2.92. The topological polar surface area (TPSA) is 45.3 Å². The molecule has 0 spiro atoms. The Morgan fingerprint density at radius 2 is 2.19 bits per heavy atom. The van der Waals surface area contributed by atoms with Crippen LogP contribution < -0.4 is 0 Å². The first-order valence-electron chi connectivity index (χ1n) is 7.42. The maximum atomic E-state index is 11.7. The van der Waals surface area contributed by atoms with Crippen LogP contribution in [-0.4, -0.2) is 29.5 Å². The zero-order valence-corrected chi connectivity index (χ0v) is 12.1. The first-order valence-corrected chi connectivity index (χ1v) is 7.42. The molecule has 1 unspecified atom stereocenters. The molecule has 0 saturated heterocycles. The Bertz CT molecular complexity index is 744. The predicted octanol–water partition coefficient (Wildman–Crippen LogP) is 2.92. The number of rotatable bonds is 1. The molecule has 4 nitrogen and oxygen atoms in total. The van der Waals surface area contributed by atoms with Gasteiger partial charge in [0.05, 0.1) is 18.7 Å². The van der Waals surface area contributed by atoms with Crippen LogP contribution in [0.15, 0.2) is 36.0 Å². The lowest BCUT2D eigenvalue weighted by Crippen LogP contribution is -2.35. The Morgan fingerprint density at radius 3 is 3.05 bits per heavy atom. The summed E-state index contributed by atoms with van der Waals surface area (Å²) in [5.41, 5.74) is 4.77. The molecule has 4 rings (SSSR count). The van der Waals surface area contributed by atoms with Gasteiger partial charge in [0.2, 0.25) is 0 Å². The number of carbonyl (C=O) groups is 1. The van der Waals surface area contributed by atoms with E-state index in [0.717, 1.165) is 31.4 Å². The SMILES string of the molecule is COC(=O)C1=CN2CCc3c([nH]c4ccccc34)C2CC1. The zero-order chi connectivity index (χ0) is 14.4. The summed E-state index contributed by atoms with van der Waals surface area (Å²) in [4.78, 5) is 17.6. The number of aromatic nitrogens is 1. The maximum Gasteiger partial charge on any atom is 0.335 e. The van der Waals surface area contributed by atoms with Gasteiger partial charge in [0, 0.05) is 29.3 Å². The maximum absolute atomic E-state index is 11.7. The number of carbonyl (C=O) groups excluding carboxylic acids is 1. The van der Waals surface area contributed by atoms with Gasteiger partial charge in [-0.15, -0.1) is 0 Å². The Balaban J connectivity index is 1.75. The first-order chi connectivity index (χ1) is 10.3. The smallest absolute Gasteiger partial charge is 0.335 e. The Kier molecular flexibility index (Phi) is 2.77. The third-order valence-corrected chi connectivity index (χ3v) is 4.66. The van der Waals surface area contributed by atoms with E-state index >= 15 is 0 Å². The summed E-state index contributed by atoms with van der Waals surface area (Å²) in [6, 6.07) is 8.85. The quantitative estimate of drug-likeness (QED) is 0.818. The number of aromatic amines is 1. The normalized spacial score (nSPS) is 20.7. The number of nitrogens with one attached hydrogen (secondary N) is 1. The molecule has 0 fully saturated rings. The van der Waals surface area contributed by atoms with E-state index in [1.807, 2.05) is 6.20 Å². The van der Waals surface area contributed by atoms with Crippen LogP contribution >= 0.6 is 0 Å². The van der Waals surface area contributed by atoms with Crippen molar-refractivity contribution in [2.24, 2.45) is 0 Å². The summed E-state index contributed by atoms with van der Waals surface area (Å²) in [6.07, 6.45) is 4.75. The number of benzene rings is 1. The van der Waals surface area contributed by atoms with E-state index in [4.69, 9.17) is 4.74 Å². The van der Waals surface area contributed by atoms with Gasteiger partial charge in [-0.3, -0.25) is 0 Å². The summed E-state index contributed by atoms with van der Waals surface area (Å²) in [7, 11) is 1.45. The largest absolute Gasteiger partial charge is 0.466 e. The van der Waals surface area contributed by atoms with Gasteiger partial charge < -0.3 is 14.6 Å². The number of nitrogens with zero attached hydrogens (tertiary/aromatic N) is 1. The minimum absolute atomic E-state index is 0.198. The highest BCUT2D eigenvalue weighted by Crippen LogP contribution is 2.40. The number of H-pyrrole nitrogens is 1. The molecule has 1 aromatic heterocycles. The first kappa shape index (κ1) is 12.5. The molecule has 0 aliphatic carbocycles. The molecule has 0 bridgehead atoms. The Labute approximate surface area is 123 Å². The molecular formula is C17H18N2O2. The van der Waals surface area contributed by atoms with Crippen LogP contribution in [-0.2, 0) is 16.0 Å². The molecule has 1 atom stereocenters.